The van der Waals surface area contributed by atoms with Gasteiger partial charge in [0.25, 0.3) is 0 Å². The van der Waals surface area contributed by atoms with Crippen LogP contribution in [-0.4, -0.2) is 23.5 Å². The molecular weight excluding hydrogens is 293 g/mol. The average molecular weight is 316 g/mol. The van der Waals surface area contributed by atoms with Crippen molar-refractivity contribution in [3.05, 3.63) is 33.8 Å². The molecule has 5 heteroatoms. The average Bonchev–Trinajstić information content (AvgIpc) is 2.98. The summed E-state index contributed by atoms with van der Waals surface area (Å²) in [5.41, 5.74) is 3.87. The van der Waals surface area contributed by atoms with Crippen LogP contribution in [-0.2, 0) is 0 Å². The zero-order valence-electron chi connectivity index (χ0n) is 12.1. The van der Waals surface area contributed by atoms with Gasteiger partial charge in [0.2, 0.25) is 0 Å². The van der Waals surface area contributed by atoms with Crippen molar-refractivity contribution in [2.24, 2.45) is 5.84 Å². The molecule has 2 unspecified atom stereocenters. The largest absolute Gasteiger partial charge is 0.296 e. The van der Waals surface area contributed by atoms with Crippen LogP contribution in [0.25, 0.3) is 0 Å². The number of nitrogens with one attached hydrogen (secondary N) is 1. The van der Waals surface area contributed by atoms with Gasteiger partial charge in [-0.2, -0.15) is 0 Å². The first kappa shape index (κ1) is 16.1. The van der Waals surface area contributed by atoms with Crippen LogP contribution in [0.4, 0.5) is 0 Å². The van der Waals surface area contributed by atoms with Crippen LogP contribution >= 0.6 is 23.2 Å². The summed E-state index contributed by atoms with van der Waals surface area (Å²) in [4.78, 5) is 2.51. The summed E-state index contributed by atoms with van der Waals surface area (Å²) in [7, 11) is 0. The molecule has 0 aliphatic carbocycles. The van der Waals surface area contributed by atoms with E-state index in [1.165, 1.54) is 12.8 Å². The number of hydrogen-bond donors (Lipinski definition) is 2. The van der Waals surface area contributed by atoms with Gasteiger partial charge >= 0.3 is 0 Å². The van der Waals surface area contributed by atoms with E-state index < -0.39 is 0 Å². The molecule has 0 spiro atoms. The Morgan fingerprint density at radius 2 is 2.00 bits per heavy atom. The predicted molar refractivity (Wildman–Crippen MR) is 86.0 cm³/mol. The van der Waals surface area contributed by atoms with E-state index in [9.17, 15) is 0 Å². The van der Waals surface area contributed by atoms with Crippen LogP contribution in [0, 0.1) is 0 Å². The Labute approximate surface area is 131 Å². The number of halogens is 2. The van der Waals surface area contributed by atoms with Crippen molar-refractivity contribution in [1.29, 1.82) is 0 Å². The van der Waals surface area contributed by atoms with Gasteiger partial charge in [0.15, 0.2) is 0 Å². The molecule has 1 aromatic carbocycles. The highest BCUT2D eigenvalue weighted by Gasteiger charge is 2.40. The summed E-state index contributed by atoms with van der Waals surface area (Å²) in [5, 5.41) is 1.17. The van der Waals surface area contributed by atoms with E-state index in [1.54, 1.807) is 6.07 Å². The zero-order chi connectivity index (χ0) is 14.8. The first-order valence-electron chi connectivity index (χ1n) is 7.19. The Hall–Kier alpha value is -0.320. The first-order valence-corrected chi connectivity index (χ1v) is 7.95. The number of likely N-dealkylation sites (tertiary alicyclic amines) is 1. The lowest BCUT2D eigenvalue weighted by Gasteiger charge is -2.44. The van der Waals surface area contributed by atoms with Crippen molar-refractivity contribution in [2.45, 2.75) is 44.7 Å². The molecule has 2 atom stereocenters. The summed E-state index contributed by atoms with van der Waals surface area (Å²) in [6.07, 6.45) is 3.48. The van der Waals surface area contributed by atoms with Gasteiger partial charge in [-0.25, -0.2) is 0 Å². The van der Waals surface area contributed by atoms with Gasteiger partial charge in [-0.15, -0.1) is 0 Å². The SMILES string of the molecule is CCC(C)(C(NN)c1cccc(Cl)c1Cl)N1CCCC1. The second-order valence-electron chi connectivity index (χ2n) is 5.65. The fourth-order valence-electron chi connectivity index (χ4n) is 3.19. The number of hydrazine groups is 1. The summed E-state index contributed by atoms with van der Waals surface area (Å²) >= 11 is 12.5. The summed E-state index contributed by atoms with van der Waals surface area (Å²) in [5.74, 6) is 5.87. The molecule has 0 amide bonds. The van der Waals surface area contributed by atoms with Crippen molar-refractivity contribution in [3.63, 3.8) is 0 Å². The molecular formula is C15H23Cl2N3. The molecule has 1 aliphatic rings. The van der Waals surface area contributed by atoms with Crippen LogP contribution < -0.4 is 11.3 Å². The number of nitrogens with zero attached hydrogens (tertiary/aromatic N) is 1. The minimum Gasteiger partial charge on any atom is -0.296 e. The molecule has 3 N–H and O–H groups in total. The fourth-order valence-corrected chi connectivity index (χ4v) is 3.60. The molecule has 0 saturated carbocycles. The molecule has 1 aromatic rings. The molecule has 0 aromatic heterocycles. The lowest BCUT2D eigenvalue weighted by molar-refractivity contribution is 0.0840. The van der Waals surface area contributed by atoms with E-state index in [2.05, 4.69) is 24.2 Å². The molecule has 112 valence electrons. The van der Waals surface area contributed by atoms with Gasteiger partial charge in [-0.3, -0.25) is 16.2 Å². The van der Waals surface area contributed by atoms with Crippen LogP contribution in [0.2, 0.25) is 10.0 Å². The van der Waals surface area contributed by atoms with Crippen LogP contribution in [0.15, 0.2) is 18.2 Å². The maximum Gasteiger partial charge on any atom is 0.0656 e. The first-order chi connectivity index (χ1) is 9.54. The standard InChI is InChI=1S/C15H23Cl2N3/c1-3-15(2,20-9-4-5-10-20)14(19-18)11-7-6-8-12(16)13(11)17/h6-8,14,19H,3-5,9-10,18H2,1-2H3. The summed E-state index contributed by atoms with van der Waals surface area (Å²) in [6, 6.07) is 5.69. The van der Waals surface area contributed by atoms with Crippen molar-refractivity contribution < 1.29 is 0 Å². The molecule has 1 fully saturated rings. The molecule has 1 saturated heterocycles. The van der Waals surface area contributed by atoms with E-state index >= 15 is 0 Å². The Balaban J connectivity index is 2.40. The smallest absolute Gasteiger partial charge is 0.0656 e. The highest BCUT2D eigenvalue weighted by Crippen LogP contribution is 2.40. The number of benzene rings is 1. The van der Waals surface area contributed by atoms with E-state index in [1.807, 2.05) is 12.1 Å². The van der Waals surface area contributed by atoms with Crippen LogP contribution in [0.3, 0.4) is 0 Å². The topological polar surface area (TPSA) is 41.3 Å². The van der Waals surface area contributed by atoms with Crippen LogP contribution in [0.1, 0.15) is 44.7 Å². The summed E-state index contributed by atoms with van der Waals surface area (Å²) < 4.78 is 0. The molecule has 0 radical (unpaired) electrons. The predicted octanol–water partition coefficient (Wildman–Crippen LogP) is 3.76. The van der Waals surface area contributed by atoms with Crippen molar-refractivity contribution in [2.75, 3.05) is 13.1 Å². The van der Waals surface area contributed by atoms with E-state index in [-0.39, 0.29) is 11.6 Å². The Morgan fingerprint density at radius 3 is 2.55 bits per heavy atom. The minimum absolute atomic E-state index is 0.0446. The van der Waals surface area contributed by atoms with Gasteiger partial charge in [0.05, 0.1) is 16.1 Å². The molecule has 1 heterocycles. The minimum atomic E-state index is -0.0699. The van der Waals surface area contributed by atoms with Crippen molar-refractivity contribution in [1.82, 2.24) is 10.3 Å². The highest BCUT2D eigenvalue weighted by atomic mass is 35.5. The van der Waals surface area contributed by atoms with Crippen LogP contribution in [0.5, 0.6) is 0 Å². The van der Waals surface area contributed by atoms with Crippen molar-refractivity contribution in [3.8, 4) is 0 Å². The third kappa shape index (κ3) is 2.83. The second-order valence-corrected chi connectivity index (χ2v) is 6.43. The Bertz CT molecular complexity index is 460. The number of rotatable bonds is 5. The zero-order valence-corrected chi connectivity index (χ0v) is 13.6. The molecule has 0 bridgehead atoms. The van der Waals surface area contributed by atoms with E-state index in [0.29, 0.717) is 10.0 Å². The van der Waals surface area contributed by atoms with Gasteiger partial charge in [0.1, 0.15) is 0 Å². The van der Waals surface area contributed by atoms with Gasteiger partial charge in [0, 0.05) is 5.54 Å². The highest BCUT2D eigenvalue weighted by molar-refractivity contribution is 6.42. The van der Waals surface area contributed by atoms with Gasteiger partial charge in [-0.1, -0.05) is 42.3 Å². The fraction of sp³-hybridized carbons (Fsp3) is 0.600. The number of nitrogens with two attached hydrogens (primary N) is 1. The van der Waals surface area contributed by atoms with Gasteiger partial charge < -0.3 is 0 Å². The van der Waals surface area contributed by atoms with E-state index in [4.69, 9.17) is 29.0 Å². The summed E-state index contributed by atoms with van der Waals surface area (Å²) in [6.45, 7) is 6.67. The quantitative estimate of drug-likeness (QED) is 0.642. The Morgan fingerprint density at radius 1 is 1.35 bits per heavy atom. The molecule has 1 aliphatic heterocycles. The third-order valence-corrected chi connectivity index (χ3v) is 5.46. The maximum atomic E-state index is 6.39. The third-order valence-electron chi connectivity index (χ3n) is 4.63. The van der Waals surface area contributed by atoms with Crippen molar-refractivity contribution >= 4 is 23.2 Å². The lowest BCUT2D eigenvalue weighted by Crippen LogP contribution is -2.54. The van der Waals surface area contributed by atoms with E-state index in [0.717, 1.165) is 25.1 Å². The second kappa shape index (κ2) is 6.63. The lowest BCUT2D eigenvalue weighted by atomic mass is 9.83. The maximum absolute atomic E-state index is 6.39. The molecule has 2 rings (SSSR count). The normalized spacial score (nSPS) is 20.9. The molecule has 20 heavy (non-hydrogen) atoms. The Kier molecular flexibility index (Phi) is 5.32. The number of hydrogen-bond acceptors (Lipinski definition) is 3. The van der Waals surface area contributed by atoms with Gasteiger partial charge in [-0.05, 0) is 50.9 Å². The monoisotopic (exact) mass is 315 g/mol. The molecule has 3 nitrogen and oxygen atoms in total.